The van der Waals surface area contributed by atoms with E-state index in [1.807, 2.05) is 0 Å². The molecule has 1 fully saturated rings. The highest BCUT2D eigenvalue weighted by molar-refractivity contribution is 5.98. The van der Waals surface area contributed by atoms with Gasteiger partial charge in [-0.25, -0.2) is 28.7 Å². The average Bonchev–Trinajstić information content (AvgIpc) is 3.24. The minimum Gasteiger partial charge on any atom is -0.352 e. The third kappa shape index (κ3) is 6.75. The standard InChI is InChI=1S/C22H20F8N8O/c1-12-5-20(23,24)10-38(15(12)8-35-19-33-6-13(7-34-19)22(28,29)30)18(39)16-14(17-31-3-2-4-32-17)9-37(36-16)11-21(25,26)27/h2-4,6-7,9,12,15H,5,8,10-11H2,1H3,(H,33,34,35)/t12-,15?/m1/s1. The number of nitrogens with zero attached hydrogens (tertiary/aromatic N) is 7. The number of carbonyl (C=O) groups is 1. The van der Waals surface area contributed by atoms with Gasteiger partial charge < -0.3 is 10.2 Å². The number of carbonyl (C=O) groups excluding carboxylic acids is 1. The average molecular weight is 564 g/mol. The molecule has 1 N–H and O–H groups in total. The fourth-order valence-corrected chi connectivity index (χ4v) is 4.22. The predicted octanol–water partition coefficient (Wildman–Crippen LogP) is 4.31. The van der Waals surface area contributed by atoms with Crippen LogP contribution in [0.3, 0.4) is 0 Å². The number of alkyl halides is 8. The number of amides is 1. The van der Waals surface area contributed by atoms with Crippen molar-refractivity contribution in [3.63, 3.8) is 0 Å². The molecule has 0 bridgehead atoms. The molecular formula is C22H20F8N8O. The quantitative estimate of drug-likeness (QED) is 0.446. The lowest BCUT2D eigenvalue weighted by Crippen LogP contribution is -2.57. The van der Waals surface area contributed by atoms with Gasteiger partial charge in [-0.05, 0) is 12.0 Å². The second-order valence-electron chi connectivity index (χ2n) is 8.99. The van der Waals surface area contributed by atoms with Crippen LogP contribution in [0.1, 0.15) is 29.4 Å². The number of piperidine rings is 1. The second kappa shape index (κ2) is 10.3. The molecule has 1 amide bonds. The van der Waals surface area contributed by atoms with E-state index in [9.17, 15) is 39.9 Å². The van der Waals surface area contributed by atoms with Gasteiger partial charge in [0.1, 0.15) is 6.54 Å². The van der Waals surface area contributed by atoms with Crippen LogP contribution in [0.25, 0.3) is 11.4 Å². The van der Waals surface area contributed by atoms with Crippen molar-refractivity contribution in [3.8, 4) is 11.4 Å². The molecule has 39 heavy (non-hydrogen) atoms. The molecule has 4 rings (SSSR count). The first kappa shape index (κ1) is 28.1. The van der Waals surface area contributed by atoms with Crippen molar-refractivity contribution in [2.24, 2.45) is 5.92 Å². The summed E-state index contributed by atoms with van der Waals surface area (Å²) in [7, 11) is 0. The topological polar surface area (TPSA) is 102 Å². The van der Waals surface area contributed by atoms with Gasteiger partial charge >= 0.3 is 12.4 Å². The Bertz CT molecular complexity index is 1290. The molecule has 0 spiro atoms. The van der Waals surface area contributed by atoms with Crippen molar-refractivity contribution >= 4 is 11.9 Å². The van der Waals surface area contributed by atoms with E-state index in [-0.39, 0.29) is 23.9 Å². The van der Waals surface area contributed by atoms with Crippen molar-refractivity contribution in [2.45, 2.75) is 44.2 Å². The molecule has 9 nitrogen and oxygen atoms in total. The van der Waals surface area contributed by atoms with E-state index in [0.717, 1.165) is 11.1 Å². The van der Waals surface area contributed by atoms with E-state index in [2.05, 4.69) is 30.4 Å². The Hall–Kier alpha value is -3.92. The molecule has 1 saturated heterocycles. The molecule has 210 valence electrons. The second-order valence-corrected chi connectivity index (χ2v) is 8.99. The maximum Gasteiger partial charge on any atom is 0.419 e. The van der Waals surface area contributed by atoms with Gasteiger partial charge in [-0.3, -0.25) is 9.48 Å². The maximum atomic E-state index is 14.6. The minimum absolute atomic E-state index is 0.140. The maximum absolute atomic E-state index is 14.6. The van der Waals surface area contributed by atoms with Gasteiger partial charge in [0.2, 0.25) is 5.95 Å². The normalized spacial score (nSPS) is 19.7. The van der Waals surface area contributed by atoms with E-state index in [4.69, 9.17) is 0 Å². The molecular weight excluding hydrogens is 544 g/mol. The smallest absolute Gasteiger partial charge is 0.352 e. The van der Waals surface area contributed by atoms with Gasteiger partial charge in [-0.2, -0.15) is 31.4 Å². The van der Waals surface area contributed by atoms with Crippen molar-refractivity contribution in [1.29, 1.82) is 0 Å². The zero-order valence-electron chi connectivity index (χ0n) is 20.0. The minimum atomic E-state index is -4.69. The molecule has 1 unspecified atom stereocenters. The highest BCUT2D eigenvalue weighted by Gasteiger charge is 2.47. The Morgan fingerprint density at radius 1 is 1.08 bits per heavy atom. The molecule has 3 aromatic heterocycles. The summed E-state index contributed by atoms with van der Waals surface area (Å²) in [5.41, 5.74) is -1.85. The fourth-order valence-electron chi connectivity index (χ4n) is 4.22. The molecule has 4 heterocycles. The molecule has 0 saturated carbocycles. The zero-order valence-corrected chi connectivity index (χ0v) is 20.0. The van der Waals surface area contributed by atoms with Gasteiger partial charge in [-0.1, -0.05) is 6.92 Å². The van der Waals surface area contributed by atoms with E-state index >= 15 is 0 Å². The van der Waals surface area contributed by atoms with E-state index < -0.39 is 66.9 Å². The molecule has 17 heteroatoms. The number of hydrogen-bond donors (Lipinski definition) is 1. The summed E-state index contributed by atoms with van der Waals surface area (Å²) >= 11 is 0. The number of anilines is 1. The zero-order chi connectivity index (χ0) is 28.6. The Morgan fingerprint density at radius 3 is 2.31 bits per heavy atom. The first-order chi connectivity index (χ1) is 18.1. The van der Waals surface area contributed by atoms with Gasteiger partial charge in [0, 0.05) is 43.9 Å². The summed E-state index contributed by atoms with van der Waals surface area (Å²) in [4.78, 5) is 29.4. The molecule has 1 aliphatic rings. The number of rotatable bonds is 6. The lowest BCUT2D eigenvalue weighted by atomic mass is 9.88. The largest absolute Gasteiger partial charge is 0.419 e. The summed E-state index contributed by atoms with van der Waals surface area (Å²) in [5, 5.41) is 6.38. The van der Waals surface area contributed by atoms with Crippen LogP contribution in [-0.4, -0.2) is 71.8 Å². The van der Waals surface area contributed by atoms with E-state index in [1.165, 1.54) is 25.4 Å². The van der Waals surface area contributed by atoms with Crippen LogP contribution in [0.4, 0.5) is 41.1 Å². The van der Waals surface area contributed by atoms with Crippen molar-refractivity contribution in [2.75, 3.05) is 18.4 Å². The highest BCUT2D eigenvalue weighted by atomic mass is 19.4. The van der Waals surface area contributed by atoms with Gasteiger partial charge in [0.15, 0.2) is 11.5 Å². The summed E-state index contributed by atoms with van der Waals surface area (Å²) in [5.74, 6) is -5.64. The summed E-state index contributed by atoms with van der Waals surface area (Å²) in [6, 6.07) is 0.462. The first-order valence-corrected chi connectivity index (χ1v) is 11.4. The third-order valence-corrected chi connectivity index (χ3v) is 5.90. The lowest BCUT2D eigenvalue weighted by Gasteiger charge is -2.43. The number of nitrogens with one attached hydrogen (secondary N) is 1. The van der Waals surface area contributed by atoms with Crippen molar-refractivity contribution in [1.82, 2.24) is 34.6 Å². The van der Waals surface area contributed by atoms with Crippen molar-refractivity contribution < 1.29 is 39.9 Å². The molecule has 0 radical (unpaired) electrons. The molecule has 0 aromatic carbocycles. The van der Waals surface area contributed by atoms with Crippen LogP contribution in [-0.2, 0) is 12.7 Å². The third-order valence-electron chi connectivity index (χ3n) is 5.90. The predicted molar refractivity (Wildman–Crippen MR) is 118 cm³/mol. The van der Waals surface area contributed by atoms with Crippen LogP contribution in [0.5, 0.6) is 0 Å². The number of aromatic nitrogens is 6. The molecule has 0 aliphatic carbocycles. The van der Waals surface area contributed by atoms with Crippen LogP contribution in [0.15, 0.2) is 37.1 Å². The van der Waals surface area contributed by atoms with Gasteiger partial charge in [-0.15, -0.1) is 0 Å². The van der Waals surface area contributed by atoms with Crippen LogP contribution < -0.4 is 5.32 Å². The Kier molecular flexibility index (Phi) is 7.44. The lowest BCUT2D eigenvalue weighted by molar-refractivity contribution is -0.142. The summed E-state index contributed by atoms with van der Waals surface area (Å²) < 4.78 is 107. The number of hydrogen-bond acceptors (Lipinski definition) is 7. The summed E-state index contributed by atoms with van der Waals surface area (Å²) in [6.07, 6.45) is -5.43. The van der Waals surface area contributed by atoms with Crippen molar-refractivity contribution in [3.05, 3.63) is 48.3 Å². The fraction of sp³-hybridized carbons (Fsp3) is 0.455. The monoisotopic (exact) mass is 564 g/mol. The SMILES string of the molecule is C[C@@H]1CC(F)(F)CN(C(=O)c2nn(CC(F)(F)F)cc2-c2ncccn2)C1CNc1ncc(C(F)(F)F)cn1. The molecule has 1 aliphatic heterocycles. The Balaban J connectivity index is 1.65. The molecule has 3 aromatic rings. The highest BCUT2D eigenvalue weighted by Crippen LogP contribution is 2.36. The Morgan fingerprint density at radius 2 is 1.72 bits per heavy atom. The van der Waals surface area contributed by atoms with Gasteiger partial charge in [0.25, 0.3) is 11.8 Å². The van der Waals surface area contributed by atoms with E-state index in [0.29, 0.717) is 17.1 Å². The van der Waals surface area contributed by atoms with Crippen LogP contribution in [0, 0.1) is 5.92 Å². The first-order valence-electron chi connectivity index (χ1n) is 11.4. The van der Waals surface area contributed by atoms with E-state index in [1.54, 1.807) is 0 Å². The Labute approximate surface area is 215 Å². The van der Waals surface area contributed by atoms with Gasteiger partial charge in [0.05, 0.1) is 23.7 Å². The van der Waals surface area contributed by atoms with Crippen LogP contribution >= 0.6 is 0 Å². The molecule has 2 atom stereocenters. The summed E-state index contributed by atoms with van der Waals surface area (Å²) in [6.45, 7) is -1.42. The number of likely N-dealkylation sites (tertiary alicyclic amines) is 1. The number of halogens is 8. The van der Waals surface area contributed by atoms with Crippen LogP contribution in [0.2, 0.25) is 0 Å².